The molecular formula is C15H18F3N3O3. The van der Waals surface area contributed by atoms with Crippen LogP contribution < -0.4 is 5.32 Å². The maximum Gasteiger partial charge on any atom is 0.393 e. The van der Waals surface area contributed by atoms with Crippen LogP contribution in [0.2, 0.25) is 0 Å². The third-order valence-electron chi connectivity index (χ3n) is 3.48. The number of amides is 3. The number of ether oxygens (including phenoxy) is 1. The first-order chi connectivity index (χ1) is 11.3. The molecule has 2 rings (SSSR count). The van der Waals surface area contributed by atoms with Gasteiger partial charge in [0.05, 0.1) is 19.7 Å². The molecule has 3 amide bonds. The fraction of sp³-hybridized carbons (Fsp3) is 0.467. The van der Waals surface area contributed by atoms with Gasteiger partial charge in [-0.1, -0.05) is 12.1 Å². The molecule has 0 spiro atoms. The maximum absolute atomic E-state index is 12.3. The van der Waals surface area contributed by atoms with Crippen molar-refractivity contribution in [2.75, 3.05) is 38.8 Å². The van der Waals surface area contributed by atoms with Crippen LogP contribution in [0.15, 0.2) is 24.3 Å². The van der Waals surface area contributed by atoms with Crippen molar-refractivity contribution in [2.45, 2.75) is 12.6 Å². The topological polar surface area (TPSA) is 61.9 Å². The summed E-state index contributed by atoms with van der Waals surface area (Å²) in [5.74, 6) is -0.178. The Labute approximate surface area is 137 Å². The van der Waals surface area contributed by atoms with E-state index in [2.05, 4.69) is 5.32 Å². The number of benzene rings is 1. The highest BCUT2D eigenvalue weighted by atomic mass is 19.4. The molecular weight excluding hydrogens is 327 g/mol. The Morgan fingerprint density at radius 3 is 2.54 bits per heavy atom. The first kappa shape index (κ1) is 18.1. The van der Waals surface area contributed by atoms with Crippen molar-refractivity contribution in [1.29, 1.82) is 0 Å². The van der Waals surface area contributed by atoms with Crippen LogP contribution >= 0.6 is 0 Å². The second kappa shape index (κ2) is 7.52. The Kier molecular flexibility index (Phi) is 5.66. The lowest BCUT2D eigenvalue weighted by atomic mass is 10.1. The summed E-state index contributed by atoms with van der Waals surface area (Å²) >= 11 is 0. The number of rotatable bonds is 5. The third-order valence-corrected chi connectivity index (χ3v) is 3.48. The average molecular weight is 345 g/mol. The summed E-state index contributed by atoms with van der Waals surface area (Å²) in [5.41, 5.74) is 0.483. The van der Waals surface area contributed by atoms with Crippen molar-refractivity contribution < 1.29 is 27.5 Å². The molecule has 0 saturated carbocycles. The second-order valence-electron chi connectivity index (χ2n) is 5.41. The van der Waals surface area contributed by atoms with Gasteiger partial charge >= 0.3 is 12.2 Å². The molecule has 1 aliphatic rings. The Morgan fingerprint density at radius 1 is 1.29 bits per heavy atom. The van der Waals surface area contributed by atoms with Gasteiger partial charge in [0.2, 0.25) is 5.91 Å². The van der Waals surface area contributed by atoms with E-state index in [-0.39, 0.29) is 24.7 Å². The van der Waals surface area contributed by atoms with Gasteiger partial charge in [0, 0.05) is 19.3 Å². The van der Waals surface area contributed by atoms with Gasteiger partial charge in [0.15, 0.2) is 0 Å². The highest BCUT2D eigenvalue weighted by molar-refractivity contribution is 5.94. The number of nitrogens with one attached hydrogen (secondary N) is 1. The molecule has 0 radical (unpaired) electrons. The number of halogens is 3. The molecule has 0 unspecified atom stereocenters. The monoisotopic (exact) mass is 345 g/mol. The van der Waals surface area contributed by atoms with E-state index in [1.165, 1.54) is 41.2 Å². The van der Waals surface area contributed by atoms with Gasteiger partial charge in [-0.15, -0.1) is 0 Å². The zero-order chi connectivity index (χ0) is 17.7. The molecule has 0 aromatic heterocycles. The van der Waals surface area contributed by atoms with E-state index in [1.807, 2.05) is 0 Å². The average Bonchev–Trinajstić information content (AvgIpc) is 2.87. The summed E-state index contributed by atoms with van der Waals surface area (Å²) in [6, 6.07) is 4.94. The summed E-state index contributed by atoms with van der Waals surface area (Å²) in [6.07, 6.45) is -5.29. The largest absolute Gasteiger partial charge is 0.393 e. The number of carbonyl (C=O) groups is 2. The molecule has 9 heteroatoms. The highest BCUT2D eigenvalue weighted by Crippen LogP contribution is 2.22. The molecule has 1 N–H and O–H groups in total. The Bertz CT molecular complexity index is 590. The van der Waals surface area contributed by atoms with Gasteiger partial charge in [0.25, 0.3) is 0 Å². The molecule has 0 bridgehead atoms. The first-order valence-electron chi connectivity index (χ1n) is 7.27. The van der Waals surface area contributed by atoms with Gasteiger partial charge in [0.1, 0.15) is 6.54 Å². The molecule has 1 fully saturated rings. The standard InChI is InChI=1S/C15H18F3N3O3/c1-24-7-6-20-10-21(9-13(20)22)14(23)19-12-4-2-11(3-5-12)8-15(16,17)18/h2-5H,6-10H2,1H3,(H,19,23). The lowest BCUT2D eigenvalue weighted by Crippen LogP contribution is -2.35. The summed E-state index contributed by atoms with van der Waals surface area (Å²) in [5, 5.41) is 2.57. The van der Waals surface area contributed by atoms with Crippen LogP contribution in [-0.4, -0.2) is 61.4 Å². The van der Waals surface area contributed by atoms with Crippen molar-refractivity contribution in [3.63, 3.8) is 0 Å². The quantitative estimate of drug-likeness (QED) is 0.889. The normalized spacial score (nSPS) is 15.1. The predicted molar refractivity (Wildman–Crippen MR) is 80.4 cm³/mol. The first-order valence-corrected chi connectivity index (χ1v) is 7.27. The van der Waals surface area contributed by atoms with E-state index in [4.69, 9.17) is 4.74 Å². The number of carbonyl (C=O) groups excluding carboxylic acids is 2. The van der Waals surface area contributed by atoms with Crippen LogP contribution in [0.5, 0.6) is 0 Å². The Hall–Kier alpha value is -2.29. The van der Waals surface area contributed by atoms with E-state index in [1.54, 1.807) is 0 Å². The predicted octanol–water partition coefficient (Wildman–Crippen LogP) is 2.07. The Balaban J connectivity index is 1.89. The number of nitrogens with zero attached hydrogens (tertiary/aromatic N) is 2. The van der Waals surface area contributed by atoms with Crippen molar-refractivity contribution in [1.82, 2.24) is 9.80 Å². The van der Waals surface area contributed by atoms with E-state index in [0.717, 1.165) is 0 Å². The number of methoxy groups -OCH3 is 1. The molecule has 0 aliphatic carbocycles. The van der Waals surface area contributed by atoms with Crippen molar-refractivity contribution in [2.24, 2.45) is 0 Å². The number of urea groups is 1. The fourth-order valence-electron chi connectivity index (χ4n) is 2.27. The van der Waals surface area contributed by atoms with Crippen LogP contribution in [-0.2, 0) is 16.0 Å². The smallest absolute Gasteiger partial charge is 0.383 e. The molecule has 6 nitrogen and oxygen atoms in total. The van der Waals surface area contributed by atoms with E-state index < -0.39 is 18.6 Å². The SMILES string of the molecule is COCCN1CN(C(=O)Nc2ccc(CC(F)(F)F)cc2)CC1=O. The number of anilines is 1. The molecule has 132 valence electrons. The summed E-state index contributed by atoms with van der Waals surface area (Å²) < 4.78 is 41.8. The number of hydrogen-bond donors (Lipinski definition) is 1. The lowest BCUT2D eigenvalue weighted by Gasteiger charge is -2.18. The van der Waals surface area contributed by atoms with Gasteiger partial charge in [-0.2, -0.15) is 13.2 Å². The molecule has 1 aromatic carbocycles. The minimum absolute atomic E-state index is 0.0400. The lowest BCUT2D eigenvalue weighted by molar-refractivity contribution is -0.128. The van der Waals surface area contributed by atoms with E-state index in [9.17, 15) is 22.8 Å². The summed E-state index contributed by atoms with van der Waals surface area (Å²) in [7, 11) is 1.52. The van der Waals surface area contributed by atoms with Gasteiger partial charge in [-0.25, -0.2) is 4.79 Å². The van der Waals surface area contributed by atoms with Crippen LogP contribution in [0.1, 0.15) is 5.56 Å². The van der Waals surface area contributed by atoms with E-state index >= 15 is 0 Å². The van der Waals surface area contributed by atoms with E-state index in [0.29, 0.717) is 18.8 Å². The number of alkyl halides is 3. The molecule has 0 atom stereocenters. The van der Waals surface area contributed by atoms with Crippen LogP contribution in [0, 0.1) is 0 Å². The van der Waals surface area contributed by atoms with Gasteiger partial charge in [-0.05, 0) is 17.7 Å². The van der Waals surface area contributed by atoms with Gasteiger partial charge in [-0.3, -0.25) is 9.69 Å². The van der Waals surface area contributed by atoms with Crippen molar-refractivity contribution >= 4 is 17.6 Å². The van der Waals surface area contributed by atoms with Crippen LogP contribution in [0.4, 0.5) is 23.7 Å². The minimum atomic E-state index is -4.27. The fourth-order valence-corrected chi connectivity index (χ4v) is 2.27. The molecule has 1 saturated heterocycles. The zero-order valence-corrected chi connectivity index (χ0v) is 13.1. The maximum atomic E-state index is 12.3. The van der Waals surface area contributed by atoms with Crippen LogP contribution in [0.25, 0.3) is 0 Å². The van der Waals surface area contributed by atoms with Crippen LogP contribution in [0.3, 0.4) is 0 Å². The molecule has 1 aliphatic heterocycles. The molecule has 24 heavy (non-hydrogen) atoms. The second-order valence-corrected chi connectivity index (χ2v) is 5.41. The number of hydrogen-bond acceptors (Lipinski definition) is 3. The Morgan fingerprint density at radius 2 is 1.96 bits per heavy atom. The summed E-state index contributed by atoms with van der Waals surface area (Å²) in [4.78, 5) is 26.7. The van der Waals surface area contributed by atoms with Crippen molar-refractivity contribution in [3.8, 4) is 0 Å². The highest BCUT2D eigenvalue weighted by Gasteiger charge is 2.30. The zero-order valence-electron chi connectivity index (χ0n) is 13.1. The van der Waals surface area contributed by atoms with Gasteiger partial charge < -0.3 is 15.0 Å². The molecule has 1 heterocycles. The summed E-state index contributed by atoms with van der Waals surface area (Å²) in [6.45, 7) is 0.884. The third kappa shape index (κ3) is 5.12. The van der Waals surface area contributed by atoms with Crippen molar-refractivity contribution in [3.05, 3.63) is 29.8 Å². The minimum Gasteiger partial charge on any atom is -0.383 e. The molecule has 1 aromatic rings.